The van der Waals surface area contributed by atoms with E-state index in [1.165, 1.54) is 0 Å². The van der Waals surface area contributed by atoms with Gasteiger partial charge in [-0.1, -0.05) is 0 Å². The number of amides is 2. The summed E-state index contributed by atoms with van der Waals surface area (Å²) in [4.78, 5) is 20.9. The SMILES string of the molecule is CCN(N)C(=O)/C=C\C(N)=O. The maximum Gasteiger partial charge on any atom is 0.260 e. The lowest BCUT2D eigenvalue weighted by Gasteiger charge is -2.09. The van der Waals surface area contributed by atoms with Crippen molar-refractivity contribution in [3.05, 3.63) is 12.2 Å². The molecular weight excluding hydrogens is 146 g/mol. The van der Waals surface area contributed by atoms with Crippen LogP contribution in [0.15, 0.2) is 12.2 Å². The van der Waals surface area contributed by atoms with Crippen molar-refractivity contribution in [3.8, 4) is 0 Å². The van der Waals surface area contributed by atoms with E-state index in [9.17, 15) is 9.59 Å². The number of hydrazine groups is 1. The van der Waals surface area contributed by atoms with Gasteiger partial charge >= 0.3 is 0 Å². The van der Waals surface area contributed by atoms with Gasteiger partial charge in [-0.3, -0.25) is 14.6 Å². The maximum atomic E-state index is 10.8. The fourth-order valence-corrected chi connectivity index (χ4v) is 0.405. The van der Waals surface area contributed by atoms with Crippen molar-refractivity contribution in [3.63, 3.8) is 0 Å². The number of nitrogens with zero attached hydrogens (tertiary/aromatic N) is 1. The van der Waals surface area contributed by atoms with Gasteiger partial charge in [-0.2, -0.15) is 0 Å². The molecule has 0 aromatic heterocycles. The summed E-state index contributed by atoms with van der Waals surface area (Å²) in [5.41, 5.74) is 4.75. The average Bonchev–Trinajstić information content (AvgIpc) is 1.98. The summed E-state index contributed by atoms with van der Waals surface area (Å²) < 4.78 is 0. The molecule has 0 aromatic rings. The summed E-state index contributed by atoms with van der Waals surface area (Å²) in [6, 6.07) is 0. The van der Waals surface area contributed by atoms with Crippen LogP contribution in [0.3, 0.4) is 0 Å². The van der Waals surface area contributed by atoms with Gasteiger partial charge in [0.25, 0.3) is 5.91 Å². The highest BCUT2D eigenvalue weighted by molar-refractivity contribution is 5.95. The lowest BCUT2D eigenvalue weighted by atomic mass is 10.4. The van der Waals surface area contributed by atoms with Gasteiger partial charge in [-0.25, -0.2) is 5.84 Å². The maximum absolute atomic E-state index is 10.8. The van der Waals surface area contributed by atoms with Crippen molar-refractivity contribution in [2.75, 3.05) is 6.54 Å². The molecule has 0 aliphatic heterocycles. The molecule has 62 valence electrons. The van der Waals surface area contributed by atoms with E-state index >= 15 is 0 Å². The molecule has 0 rings (SSSR count). The molecule has 0 saturated carbocycles. The standard InChI is InChI=1S/C6H11N3O2/c1-2-9(8)6(11)4-3-5(7)10/h3-4H,2,8H2,1H3,(H2,7,10)/b4-3-. The molecule has 0 bridgehead atoms. The topological polar surface area (TPSA) is 89.4 Å². The molecule has 0 aliphatic carbocycles. The van der Waals surface area contributed by atoms with E-state index in [4.69, 9.17) is 11.6 Å². The van der Waals surface area contributed by atoms with Crippen LogP contribution in [0.2, 0.25) is 0 Å². The van der Waals surface area contributed by atoms with Crippen LogP contribution in [-0.2, 0) is 9.59 Å². The number of hydrogen-bond donors (Lipinski definition) is 2. The third-order valence-corrected chi connectivity index (χ3v) is 1.01. The highest BCUT2D eigenvalue weighted by Gasteiger charge is 2.00. The summed E-state index contributed by atoms with van der Waals surface area (Å²) in [7, 11) is 0. The second-order valence-electron chi connectivity index (χ2n) is 1.86. The van der Waals surface area contributed by atoms with E-state index in [0.717, 1.165) is 17.2 Å². The van der Waals surface area contributed by atoms with E-state index in [-0.39, 0.29) is 0 Å². The minimum absolute atomic E-state index is 0.391. The minimum Gasteiger partial charge on any atom is -0.366 e. The monoisotopic (exact) mass is 157 g/mol. The molecule has 0 aromatic carbocycles. The lowest BCUT2D eigenvalue weighted by molar-refractivity contribution is -0.126. The van der Waals surface area contributed by atoms with Gasteiger partial charge in [-0.05, 0) is 6.92 Å². The highest BCUT2D eigenvalue weighted by atomic mass is 16.2. The first-order valence-corrected chi connectivity index (χ1v) is 3.11. The molecule has 0 aliphatic rings. The third kappa shape index (κ3) is 4.10. The van der Waals surface area contributed by atoms with Crippen LogP contribution >= 0.6 is 0 Å². The first-order chi connectivity index (χ1) is 5.07. The van der Waals surface area contributed by atoms with Crippen molar-refractivity contribution < 1.29 is 9.59 Å². The van der Waals surface area contributed by atoms with Crippen LogP contribution < -0.4 is 11.6 Å². The van der Waals surface area contributed by atoms with Crippen molar-refractivity contribution in [2.24, 2.45) is 11.6 Å². The molecule has 11 heavy (non-hydrogen) atoms. The number of primary amides is 1. The van der Waals surface area contributed by atoms with Gasteiger partial charge in [0, 0.05) is 18.7 Å². The molecule has 0 spiro atoms. The summed E-state index contributed by atoms with van der Waals surface area (Å²) in [6.07, 6.45) is 2.00. The predicted octanol–water partition coefficient (Wildman–Crippen LogP) is -1.25. The van der Waals surface area contributed by atoms with Gasteiger partial charge < -0.3 is 5.73 Å². The van der Waals surface area contributed by atoms with Crippen LogP contribution in [0, 0.1) is 0 Å². The first-order valence-electron chi connectivity index (χ1n) is 3.11. The number of likely N-dealkylation sites (N-methyl/N-ethyl adjacent to an activating group) is 1. The Hall–Kier alpha value is -1.36. The van der Waals surface area contributed by atoms with Crippen LogP contribution in [-0.4, -0.2) is 23.4 Å². The number of carbonyl (C=O) groups excluding carboxylic acids is 2. The Morgan fingerprint density at radius 2 is 2.00 bits per heavy atom. The van der Waals surface area contributed by atoms with Crippen molar-refractivity contribution in [1.29, 1.82) is 0 Å². The Morgan fingerprint density at radius 1 is 1.45 bits per heavy atom. The molecule has 0 radical (unpaired) electrons. The Morgan fingerprint density at radius 3 is 2.36 bits per heavy atom. The zero-order valence-corrected chi connectivity index (χ0v) is 6.28. The Bertz CT molecular complexity index is 188. The lowest BCUT2D eigenvalue weighted by Crippen LogP contribution is -2.35. The van der Waals surface area contributed by atoms with Crippen LogP contribution in [0.4, 0.5) is 0 Å². The molecule has 4 N–H and O–H groups in total. The number of carbonyl (C=O) groups is 2. The zero-order valence-electron chi connectivity index (χ0n) is 6.28. The highest BCUT2D eigenvalue weighted by Crippen LogP contribution is 1.81. The van der Waals surface area contributed by atoms with Crippen molar-refractivity contribution >= 4 is 11.8 Å². The molecule has 5 heteroatoms. The summed E-state index contributed by atoms with van der Waals surface area (Å²) in [6.45, 7) is 2.11. The quantitative estimate of drug-likeness (QED) is 0.232. The minimum atomic E-state index is -0.664. The number of rotatable bonds is 3. The molecule has 0 fully saturated rings. The molecule has 0 heterocycles. The van der Waals surface area contributed by atoms with Crippen LogP contribution in [0.25, 0.3) is 0 Å². The fraction of sp³-hybridized carbons (Fsp3) is 0.333. The number of nitrogens with two attached hydrogens (primary N) is 2. The van der Waals surface area contributed by atoms with E-state index in [0.29, 0.717) is 6.54 Å². The van der Waals surface area contributed by atoms with Crippen molar-refractivity contribution in [2.45, 2.75) is 6.92 Å². The summed E-state index contributed by atoms with van der Waals surface area (Å²) in [5, 5.41) is 0.972. The average molecular weight is 157 g/mol. The van der Waals surface area contributed by atoms with E-state index in [1.54, 1.807) is 6.92 Å². The summed E-state index contributed by atoms with van der Waals surface area (Å²) >= 11 is 0. The first kappa shape index (κ1) is 9.64. The Kier molecular flexibility index (Phi) is 3.90. The normalized spacial score (nSPS) is 10.0. The molecular formula is C6H11N3O2. The third-order valence-electron chi connectivity index (χ3n) is 1.01. The second-order valence-corrected chi connectivity index (χ2v) is 1.86. The van der Waals surface area contributed by atoms with E-state index in [1.807, 2.05) is 0 Å². The second kappa shape index (κ2) is 4.45. The van der Waals surface area contributed by atoms with Crippen LogP contribution in [0.5, 0.6) is 0 Å². The van der Waals surface area contributed by atoms with E-state index in [2.05, 4.69) is 0 Å². The molecule has 0 saturated heterocycles. The molecule has 2 amide bonds. The van der Waals surface area contributed by atoms with Crippen LogP contribution in [0.1, 0.15) is 6.92 Å². The fourth-order valence-electron chi connectivity index (χ4n) is 0.405. The van der Waals surface area contributed by atoms with E-state index < -0.39 is 11.8 Å². The van der Waals surface area contributed by atoms with Gasteiger partial charge in [-0.15, -0.1) is 0 Å². The molecule has 0 unspecified atom stereocenters. The van der Waals surface area contributed by atoms with Gasteiger partial charge in [0.15, 0.2) is 0 Å². The largest absolute Gasteiger partial charge is 0.366 e. The van der Waals surface area contributed by atoms with Gasteiger partial charge in [0.2, 0.25) is 5.91 Å². The molecule has 5 nitrogen and oxygen atoms in total. The van der Waals surface area contributed by atoms with Gasteiger partial charge in [0.05, 0.1) is 0 Å². The zero-order chi connectivity index (χ0) is 8.85. The smallest absolute Gasteiger partial charge is 0.260 e. The number of hydrogen-bond acceptors (Lipinski definition) is 3. The Balaban J connectivity index is 3.96. The Labute approximate surface area is 64.6 Å². The predicted molar refractivity (Wildman–Crippen MR) is 39.9 cm³/mol. The van der Waals surface area contributed by atoms with Crippen molar-refractivity contribution in [1.82, 2.24) is 5.01 Å². The van der Waals surface area contributed by atoms with Gasteiger partial charge in [0.1, 0.15) is 0 Å². The summed E-state index contributed by atoms with van der Waals surface area (Å²) in [5.74, 6) is 4.08. The molecule has 0 atom stereocenters.